The van der Waals surface area contributed by atoms with Gasteiger partial charge in [0.1, 0.15) is 12.3 Å². The minimum Gasteiger partial charge on any atom is -0.497 e. The van der Waals surface area contributed by atoms with Gasteiger partial charge in [-0.15, -0.1) is 0 Å². The number of anilines is 1. The molecular weight excluding hydrogens is 434 g/mol. The Morgan fingerprint density at radius 1 is 1.09 bits per heavy atom. The van der Waals surface area contributed by atoms with Crippen molar-refractivity contribution in [3.8, 4) is 17.1 Å². The highest BCUT2D eigenvalue weighted by molar-refractivity contribution is 7.93. The van der Waals surface area contributed by atoms with Crippen molar-refractivity contribution in [1.29, 1.82) is 0 Å². The third-order valence-electron chi connectivity index (χ3n) is 5.11. The van der Waals surface area contributed by atoms with Crippen molar-refractivity contribution in [3.05, 3.63) is 66.6 Å². The zero-order chi connectivity index (χ0) is 22.3. The molecule has 162 valence electrons. The van der Waals surface area contributed by atoms with Gasteiger partial charge in [-0.1, -0.05) is 41.6 Å². The Morgan fingerprint density at radius 2 is 1.88 bits per heavy atom. The van der Waals surface area contributed by atoms with Gasteiger partial charge in [0, 0.05) is 10.9 Å². The highest BCUT2D eigenvalue weighted by atomic mass is 32.2. The highest BCUT2D eigenvalue weighted by Gasteiger charge is 2.37. The number of nitrogens with zero attached hydrogens (tertiary/aromatic N) is 3. The molecular formula is C22H17N3O6S. The number of hydrogen-bond acceptors (Lipinski definition) is 8. The topological polar surface area (TPSA) is 112 Å². The van der Waals surface area contributed by atoms with Crippen LogP contribution in [0, 0.1) is 0 Å². The van der Waals surface area contributed by atoms with Gasteiger partial charge in [-0.25, -0.2) is 8.42 Å². The number of esters is 1. The number of hydrogen-bond donors (Lipinski definition) is 0. The van der Waals surface area contributed by atoms with Crippen molar-refractivity contribution in [2.75, 3.05) is 18.0 Å². The van der Waals surface area contributed by atoms with Crippen molar-refractivity contribution in [3.63, 3.8) is 0 Å². The van der Waals surface area contributed by atoms with Crippen LogP contribution in [0.25, 0.3) is 22.2 Å². The van der Waals surface area contributed by atoms with Crippen LogP contribution in [0.2, 0.25) is 0 Å². The summed E-state index contributed by atoms with van der Waals surface area (Å²) in [6.45, 7) is -0.742. The zero-order valence-corrected chi connectivity index (χ0v) is 17.7. The fourth-order valence-corrected chi connectivity index (χ4v) is 5.28. The standard InChI is InChI=1S/C22H17N3O6S/c1-29-16-8-2-7-15(11-16)22-23-19(31-24-22)13-30-20(26)12-25-17-9-3-5-14-6-4-10-18(21(14)17)32(25,27)28/h2-11H,12-13H2,1H3. The van der Waals surface area contributed by atoms with Crippen molar-refractivity contribution in [2.24, 2.45) is 0 Å². The Morgan fingerprint density at radius 3 is 2.69 bits per heavy atom. The lowest BCUT2D eigenvalue weighted by Crippen LogP contribution is -2.33. The average Bonchev–Trinajstić information content (AvgIpc) is 3.37. The summed E-state index contributed by atoms with van der Waals surface area (Å²) in [5, 5.41) is 5.27. The fraction of sp³-hybridized carbons (Fsp3) is 0.136. The van der Waals surface area contributed by atoms with Gasteiger partial charge in [-0.3, -0.25) is 9.10 Å². The molecule has 0 unspecified atom stereocenters. The summed E-state index contributed by atoms with van der Waals surface area (Å²) >= 11 is 0. The van der Waals surface area contributed by atoms with E-state index in [0.29, 0.717) is 28.2 Å². The van der Waals surface area contributed by atoms with Gasteiger partial charge in [-0.05, 0) is 29.7 Å². The van der Waals surface area contributed by atoms with E-state index in [1.54, 1.807) is 49.6 Å². The lowest BCUT2D eigenvalue weighted by atomic mass is 10.1. The molecule has 5 rings (SSSR count). The van der Waals surface area contributed by atoms with Crippen molar-refractivity contribution >= 4 is 32.5 Å². The number of carbonyl (C=O) groups is 1. The predicted molar refractivity (Wildman–Crippen MR) is 115 cm³/mol. The molecule has 0 spiro atoms. The Kier molecular flexibility index (Phi) is 4.78. The van der Waals surface area contributed by atoms with Crippen LogP contribution in [-0.2, 0) is 26.2 Å². The van der Waals surface area contributed by atoms with Crippen LogP contribution >= 0.6 is 0 Å². The summed E-state index contributed by atoms with van der Waals surface area (Å²) < 4.78 is 42.5. The first-order chi connectivity index (χ1) is 15.5. The number of carbonyl (C=O) groups excluding carboxylic acids is 1. The van der Waals surface area contributed by atoms with Gasteiger partial charge < -0.3 is 14.0 Å². The molecule has 0 saturated heterocycles. The number of benzene rings is 3. The summed E-state index contributed by atoms with van der Waals surface area (Å²) in [4.78, 5) is 16.8. The normalized spacial score (nSPS) is 14.0. The number of methoxy groups -OCH3 is 1. The molecule has 1 aromatic heterocycles. The number of sulfonamides is 1. The van der Waals surface area contributed by atoms with Crippen LogP contribution < -0.4 is 9.04 Å². The maximum absolute atomic E-state index is 13.0. The van der Waals surface area contributed by atoms with Crippen LogP contribution in [-0.4, -0.2) is 38.2 Å². The minimum absolute atomic E-state index is 0.0887. The molecule has 0 amide bonds. The van der Waals surface area contributed by atoms with Crippen LogP contribution in [0.1, 0.15) is 5.89 Å². The summed E-state index contributed by atoms with van der Waals surface area (Å²) in [6.07, 6.45) is 0. The fourth-order valence-electron chi connectivity index (χ4n) is 3.63. The first kappa shape index (κ1) is 20.0. The SMILES string of the molecule is COc1cccc(-c2noc(COC(=O)CN3c4cccc5cccc(c45)S3(=O)=O)n2)c1. The third-order valence-corrected chi connectivity index (χ3v) is 6.91. The Labute approximate surface area is 183 Å². The van der Waals surface area contributed by atoms with E-state index in [0.717, 1.165) is 9.69 Å². The van der Waals surface area contributed by atoms with Gasteiger partial charge in [0.2, 0.25) is 5.82 Å². The largest absolute Gasteiger partial charge is 0.497 e. The summed E-state index contributed by atoms with van der Waals surface area (Å²) in [6, 6.07) is 17.4. The summed E-state index contributed by atoms with van der Waals surface area (Å²) in [7, 11) is -2.29. The van der Waals surface area contributed by atoms with Gasteiger partial charge in [-0.2, -0.15) is 4.98 Å². The summed E-state index contributed by atoms with van der Waals surface area (Å²) in [5.74, 6) is 0.313. The van der Waals surface area contributed by atoms with E-state index < -0.39 is 22.5 Å². The molecule has 0 radical (unpaired) electrons. The average molecular weight is 451 g/mol. The monoisotopic (exact) mass is 451 g/mol. The quantitative estimate of drug-likeness (QED) is 0.411. The molecule has 0 saturated carbocycles. The minimum atomic E-state index is -3.85. The lowest BCUT2D eigenvalue weighted by molar-refractivity contribution is -0.143. The Balaban J connectivity index is 1.29. The van der Waals surface area contributed by atoms with Gasteiger partial charge in [0.05, 0.1) is 17.7 Å². The molecule has 32 heavy (non-hydrogen) atoms. The molecule has 1 aliphatic heterocycles. The van der Waals surface area contributed by atoms with Crippen molar-refractivity contribution in [1.82, 2.24) is 10.1 Å². The summed E-state index contributed by atoms with van der Waals surface area (Å²) in [5.41, 5.74) is 1.13. The molecule has 0 bridgehead atoms. The maximum Gasteiger partial charge on any atom is 0.327 e. The van der Waals surface area contributed by atoms with Gasteiger partial charge >= 0.3 is 5.97 Å². The predicted octanol–water partition coefficient (Wildman–Crippen LogP) is 3.15. The first-order valence-electron chi connectivity index (χ1n) is 9.64. The molecule has 9 nitrogen and oxygen atoms in total. The van der Waals surface area contributed by atoms with E-state index in [2.05, 4.69) is 10.1 Å². The molecule has 2 heterocycles. The van der Waals surface area contributed by atoms with Gasteiger partial charge in [0.25, 0.3) is 15.9 Å². The van der Waals surface area contributed by atoms with Crippen LogP contribution in [0.5, 0.6) is 5.75 Å². The second kappa shape index (κ2) is 7.65. The number of aromatic nitrogens is 2. The lowest BCUT2D eigenvalue weighted by Gasteiger charge is -2.17. The molecule has 0 atom stereocenters. The number of ether oxygens (including phenoxy) is 2. The van der Waals surface area contributed by atoms with E-state index in [-0.39, 0.29) is 17.4 Å². The Bertz CT molecular complexity index is 1440. The second-order valence-electron chi connectivity index (χ2n) is 7.05. The molecule has 0 aliphatic carbocycles. The van der Waals surface area contributed by atoms with E-state index in [1.165, 1.54) is 6.07 Å². The highest BCUT2D eigenvalue weighted by Crippen LogP contribution is 2.41. The van der Waals surface area contributed by atoms with Crippen LogP contribution in [0.3, 0.4) is 0 Å². The van der Waals surface area contributed by atoms with Crippen molar-refractivity contribution < 1.29 is 27.2 Å². The number of rotatable bonds is 6. The van der Waals surface area contributed by atoms with Crippen LogP contribution in [0.4, 0.5) is 5.69 Å². The molecule has 0 N–H and O–H groups in total. The maximum atomic E-state index is 13.0. The zero-order valence-electron chi connectivity index (χ0n) is 16.9. The van der Waals surface area contributed by atoms with E-state index >= 15 is 0 Å². The van der Waals surface area contributed by atoms with Gasteiger partial charge in [0.15, 0.2) is 6.61 Å². The first-order valence-corrected chi connectivity index (χ1v) is 11.1. The molecule has 0 fully saturated rings. The van der Waals surface area contributed by atoms with E-state index in [1.807, 2.05) is 12.1 Å². The molecule has 3 aromatic carbocycles. The van der Waals surface area contributed by atoms with Crippen molar-refractivity contribution in [2.45, 2.75) is 11.5 Å². The molecule has 1 aliphatic rings. The smallest absolute Gasteiger partial charge is 0.327 e. The van der Waals surface area contributed by atoms with Crippen LogP contribution in [0.15, 0.2) is 70.1 Å². The van der Waals surface area contributed by atoms with E-state index in [4.69, 9.17) is 14.0 Å². The Hall–Kier alpha value is -3.92. The molecule has 4 aromatic rings. The third kappa shape index (κ3) is 3.34. The second-order valence-corrected chi connectivity index (χ2v) is 8.88. The molecule has 10 heteroatoms. The van der Waals surface area contributed by atoms with E-state index in [9.17, 15) is 13.2 Å².